The summed E-state index contributed by atoms with van der Waals surface area (Å²) in [6.45, 7) is 5.95. The summed E-state index contributed by atoms with van der Waals surface area (Å²) in [5.41, 5.74) is 0.712. The Hall–Kier alpha value is -0.570. The van der Waals surface area contributed by atoms with Gasteiger partial charge >= 0.3 is 0 Å². The molecule has 1 aliphatic heterocycles. The van der Waals surface area contributed by atoms with Crippen molar-refractivity contribution in [1.29, 1.82) is 0 Å². The van der Waals surface area contributed by atoms with Crippen molar-refractivity contribution < 1.29 is 9.90 Å². The average Bonchev–Trinajstić information content (AvgIpc) is 2.18. The van der Waals surface area contributed by atoms with Crippen molar-refractivity contribution in [3.05, 3.63) is 0 Å². The molecule has 0 radical (unpaired) electrons. The molecule has 106 valence electrons. The number of aliphatic hydroxyl groups is 1. The lowest BCUT2D eigenvalue weighted by atomic mass is 9.40. The third kappa shape index (κ3) is 1.63. The van der Waals surface area contributed by atoms with Crippen LogP contribution in [0.4, 0.5) is 0 Å². The van der Waals surface area contributed by atoms with Crippen LogP contribution in [0.15, 0.2) is 0 Å². The first-order valence-electron chi connectivity index (χ1n) is 7.79. The first-order valence-corrected chi connectivity index (χ1v) is 7.79. The van der Waals surface area contributed by atoms with Crippen molar-refractivity contribution in [3.63, 3.8) is 0 Å². The van der Waals surface area contributed by atoms with Gasteiger partial charge in [0.25, 0.3) is 0 Å². The number of aliphatic hydroxyl groups excluding tert-OH is 1. The Labute approximate surface area is 115 Å². The van der Waals surface area contributed by atoms with Crippen LogP contribution in [-0.2, 0) is 4.79 Å². The highest BCUT2D eigenvalue weighted by Crippen LogP contribution is 2.69. The van der Waals surface area contributed by atoms with Crippen LogP contribution in [0.2, 0.25) is 0 Å². The SMILES string of the molecule is C[C@@]12CC3CC(C(=O)N4CC(O)C4)(C1)C[C@@](C)(C3)C2. The van der Waals surface area contributed by atoms with E-state index in [9.17, 15) is 9.90 Å². The summed E-state index contributed by atoms with van der Waals surface area (Å²) in [5, 5.41) is 9.46. The van der Waals surface area contributed by atoms with Gasteiger partial charge < -0.3 is 10.0 Å². The van der Waals surface area contributed by atoms with Crippen molar-refractivity contribution >= 4 is 5.91 Å². The molecular weight excluding hydrogens is 238 g/mol. The summed E-state index contributed by atoms with van der Waals surface area (Å²) in [5.74, 6) is 1.13. The van der Waals surface area contributed by atoms with Gasteiger partial charge in [0.05, 0.1) is 11.5 Å². The smallest absolute Gasteiger partial charge is 0.229 e. The fraction of sp³-hybridized carbons (Fsp3) is 0.938. The molecule has 0 aromatic rings. The molecule has 0 unspecified atom stereocenters. The fourth-order valence-electron chi connectivity index (χ4n) is 6.64. The molecule has 1 saturated heterocycles. The normalized spacial score (nSPS) is 52.4. The van der Waals surface area contributed by atoms with Crippen LogP contribution in [0.25, 0.3) is 0 Å². The van der Waals surface area contributed by atoms with Gasteiger partial charge in [-0.3, -0.25) is 4.79 Å². The van der Waals surface area contributed by atoms with Gasteiger partial charge in [0, 0.05) is 13.1 Å². The molecule has 19 heavy (non-hydrogen) atoms. The van der Waals surface area contributed by atoms with E-state index < -0.39 is 0 Å². The van der Waals surface area contributed by atoms with Crippen LogP contribution >= 0.6 is 0 Å². The molecule has 5 rings (SSSR count). The van der Waals surface area contributed by atoms with Crippen LogP contribution in [0.3, 0.4) is 0 Å². The number of hydrogen-bond acceptors (Lipinski definition) is 2. The molecule has 1 amide bonds. The molecule has 2 atom stereocenters. The second-order valence-corrected chi connectivity index (χ2v) is 8.77. The minimum absolute atomic E-state index is 0.0803. The van der Waals surface area contributed by atoms with Gasteiger partial charge in [0.15, 0.2) is 0 Å². The molecule has 3 heteroatoms. The molecule has 5 fully saturated rings. The molecule has 1 N–H and O–H groups in total. The number of hydrogen-bond donors (Lipinski definition) is 1. The molecule has 4 bridgehead atoms. The Bertz CT molecular complexity index is 422. The number of rotatable bonds is 1. The van der Waals surface area contributed by atoms with E-state index in [1.807, 2.05) is 4.90 Å². The minimum Gasteiger partial charge on any atom is -0.389 e. The maximum Gasteiger partial charge on any atom is 0.229 e. The maximum absolute atomic E-state index is 12.9. The van der Waals surface area contributed by atoms with E-state index in [0.29, 0.717) is 29.8 Å². The summed E-state index contributed by atoms with van der Waals surface area (Å²) in [6, 6.07) is 0. The third-order valence-corrected chi connectivity index (χ3v) is 6.23. The van der Waals surface area contributed by atoms with E-state index in [1.165, 1.54) is 19.3 Å². The van der Waals surface area contributed by atoms with E-state index in [2.05, 4.69) is 13.8 Å². The third-order valence-electron chi connectivity index (χ3n) is 6.23. The summed E-state index contributed by atoms with van der Waals surface area (Å²) in [4.78, 5) is 14.8. The zero-order chi connectivity index (χ0) is 13.5. The van der Waals surface area contributed by atoms with Gasteiger partial charge in [-0.1, -0.05) is 13.8 Å². The predicted octanol–water partition coefficient (Wildman–Crippen LogP) is 2.19. The van der Waals surface area contributed by atoms with Crippen LogP contribution in [0.1, 0.15) is 52.4 Å². The molecular formula is C16H25NO2. The highest BCUT2D eigenvalue weighted by atomic mass is 16.3. The van der Waals surface area contributed by atoms with Crippen molar-refractivity contribution in [1.82, 2.24) is 4.90 Å². The number of nitrogens with zero attached hydrogens (tertiary/aromatic N) is 1. The lowest BCUT2D eigenvalue weighted by Crippen LogP contribution is -2.64. The quantitative estimate of drug-likeness (QED) is 0.788. The lowest BCUT2D eigenvalue weighted by Gasteiger charge is -2.65. The van der Waals surface area contributed by atoms with Gasteiger partial charge in [0.2, 0.25) is 5.91 Å². The molecule has 0 aromatic heterocycles. The Morgan fingerprint density at radius 3 is 2.11 bits per heavy atom. The molecule has 1 heterocycles. The standard InChI is InChI=1S/C16H25NO2/c1-14-3-11-4-15(2,8-14)10-16(5-11,9-14)13(19)17-6-12(18)7-17/h11-12,18H,3-10H2,1-2H3/t11?,14-,15-,16?/m0/s1. The van der Waals surface area contributed by atoms with Crippen molar-refractivity contribution in [2.45, 2.75) is 58.5 Å². The van der Waals surface area contributed by atoms with Crippen LogP contribution in [-0.4, -0.2) is 35.1 Å². The van der Waals surface area contributed by atoms with E-state index in [4.69, 9.17) is 0 Å². The Kier molecular flexibility index (Phi) is 2.16. The van der Waals surface area contributed by atoms with Gasteiger partial charge in [-0.25, -0.2) is 0 Å². The number of carbonyl (C=O) groups is 1. The second kappa shape index (κ2) is 3.36. The van der Waals surface area contributed by atoms with E-state index in [1.54, 1.807) is 0 Å². The van der Waals surface area contributed by atoms with E-state index in [-0.39, 0.29) is 11.5 Å². The molecule has 4 aliphatic carbocycles. The largest absolute Gasteiger partial charge is 0.389 e. The van der Waals surface area contributed by atoms with Crippen molar-refractivity contribution in [2.75, 3.05) is 13.1 Å². The molecule has 0 spiro atoms. The molecule has 3 nitrogen and oxygen atoms in total. The first kappa shape index (κ1) is 12.2. The summed E-state index contributed by atoms with van der Waals surface area (Å²) in [7, 11) is 0. The Morgan fingerprint density at radius 2 is 1.63 bits per heavy atom. The topological polar surface area (TPSA) is 40.5 Å². The van der Waals surface area contributed by atoms with Crippen molar-refractivity contribution in [2.24, 2.45) is 22.2 Å². The predicted molar refractivity (Wildman–Crippen MR) is 72.4 cm³/mol. The average molecular weight is 263 g/mol. The van der Waals surface area contributed by atoms with Crippen LogP contribution in [0.5, 0.6) is 0 Å². The summed E-state index contributed by atoms with van der Waals surface area (Å²) >= 11 is 0. The fourth-order valence-corrected chi connectivity index (χ4v) is 6.64. The van der Waals surface area contributed by atoms with Crippen molar-refractivity contribution in [3.8, 4) is 0 Å². The minimum atomic E-state index is -0.274. The van der Waals surface area contributed by atoms with Crippen LogP contribution in [0, 0.1) is 22.2 Å². The van der Waals surface area contributed by atoms with Gasteiger partial charge in [-0.15, -0.1) is 0 Å². The first-order chi connectivity index (χ1) is 8.82. The molecule has 5 aliphatic rings. The molecule has 4 saturated carbocycles. The lowest BCUT2D eigenvalue weighted by molar-refractivity contribution is -0.186. The molecule has 0 aromatic carbocycles. The van der Waals surface area contributed by atoms with Gasteiger partial charge in [-0.05, 0) is 55.3 Å². The summed E-state index contributed by atoms with van der Waals surface area (Å²) in [6.07, 6.45) is 7.01. The number of carbonyl (C=O) groups excluding carboxylic acids is 1. The number of likely N-dealkylation sites (tertiary alicyclic amines) is 1. The van der Waals surface area contributed by atoms with Gasteiger partial charge in [-0.2, -0.15) is 0 Å². The number of β-amino-alcohol motifs (C(OH)–C–C–N with tert-alkyl or cyclic N) is 1. The zero-order valence-electron chi connectivity index (χ0n) is 12.1. The number of amides is 1. The van der Waals surface area contributed by atoms with Gasteiger partial charge in [0.1, 0.15) is 0 Å². The monoisotopic (exact) mass is 263 g/mol. The Balaban J connectivity index is 1.65. The maximum atomic E-state index is 12.9. The second-order valence-electron chi connectivity index (χ2n) is 8.77. The summed E-state index contributed by atoms with van der Waals surface area (Å²) < 4.78 is 0. The highest BCUT2D eigenvalue weighted by Gasteiger charge is 2.63. The van der Waals surface area contributed by atoms with E-state index in [0.717, 1.165) is 25.2 Å². The van der Waals surface area contributed by atoms with E-state index >= 15 is 0 Å². The van der Waals surface area contributed by atoms with Crippen LogP contribution < -0.4 is 0 Å². The Morgan fingerprint density at radius 1 is 1.05 bits per heavy atom. The highest BCUT2D eigenvalue weighted by molar-refractivity contribution is 5.84. The zero-order valence-corrected chi connectivity index (χ0v) is 12.1.